The molecular formula is C23H30N4O5S. The molecule has 0 spiro atoms. The number of rotatable bonds is 10. The Bertz CT molecular complexity index is 1020. The summed E-state index contributed by atoms with van der Waals surface area (Å²) >= 11 is 0. The van der Waals surface area contributed by atoms with E-state index < -0.39 is 10.0 Å². The van der Waals surface area contributed by atoms with Gasteiger partial charge < -0.3 is 15.4 Å². The molecule has 1 heterocycles. The van der Waals surface area contributed by atoms with Gasteiger partial charge in [-0.3, -0.25) is 14.6 Å². The molecule has 0 unspecified atom stereocenters. The first-order valence-electron chi connectivity index (χ1n) is 10.9. The van der Waals surface area contributed by atoms with E-state index in [1.807, 2.05) is 12.1 Å². The number of amides is 2. The number of hydrogen-bond acceptors (Lipinski definition) is 6. The monoisotopic (exact) mass is 474 g/mol. The summed E-state index contributed by atoms with van der Waals surface area (Å²) < 4.78 is 32.7. The highest BCUT2D eigenvalue weighted by Gasteiger charge is 2.27. The molecule has 1 aromatic heterocycles. The molecule has 33 heavy (non-hydrogen) atoms. The van der Waals surface area contributed by atoms with Gasteiger partial charge in [0.15, 0.2) is 0 Å². The lowest BCUT2D eigenvalue weighted by Crippen LogP contribution is -2.41. The van der Waals surface area contributed by atoms with Gasteiger partial charge in [-0.25, -0.2) is 13.1 Å². The largest absolute Gasteiger partial charge is 0.497 e. The number of pyridine rings is 1. The van der Waals surface area contributed by atoms with Gasteiger partial charge in [-0.05, 0) is 73.6 Å². The molecular weight excluding hydrogens is 444 g/mol. The van der Waals surface area contributed by atoms with E-state index in [1.54, 1.807) is 24.5 Å². The second-order valence-electron chi connectivity index (χ2n) is 8.10. The number of aromatic nitrogens is 1. The van der Waals surface area contributed by atoms with Crippen molar-refractivity contribution in [2.24, 2.45) is 11.8 Å². The summed E-state index contributed by atoms with van der Waals surface area (Å²) in [6.45, 7) is 0.653. The third-order valence-corrected chi connectivity index (χ3v) is 7.25. The van der Waals surface area contributed by atoms with Gasteiger partial charge in [-0.15, -0.1) is 0 Å². The molecule has 3 N–H and O–H groups in total. The third kappa shape index (κ3) is 7.54. The van der Waals surface area contributed by atoms with Gasteiger partial charge in [0.25, 0.3) is 0 Å². The number of carbonyl (C=O) groups is 2. The molecule has 0 bridgehead atoms. The Balaban J connectivity index is 1.35. The van der Waals surface area contributed by atoms with Crippen LogP contribution in [0.25, 0.3) is 0 Å². The number of hydrogen-bond donors (Lipinski definition) is 3. The normalized spacial score (nSPS) is 18.3. The van der Waals surface area contributed by atoms with Crippen LogP contribution in [0.1, 0.15) is 31.2 Å². The number of carbonyl (C=O) groups excluding carboxylic acids is 2. The maximum absolute atomic E-state index is 12.5. The summed E-state index contributed by atoms with van der Waals surface area (Å²) in [5, 5.41) is 5.47. The van der Waals surface area contributed by atoms with Crippen molar-refractivity contribution in [1.82, 2.24) is 20.3 Å². The summed E-state index contributed by atoms with van der Waals surface area (Å²) in [6.07, 6.45) is 6.14. The third-order valence-electron chi connectivity index (χ3n) is 5.81. The van der Waals surface area contributed by atoms with E-state index >= 15 is 0 Å². The summed E-state index contributed by atoms with van der Waals surface area (Å²) in [4.78, 5) is 28.5. The number of methoxy groups -OCH3 is 1. The van der Waals surface area contributed by atoms with Crippen LogP contribution in [0.3, 0.4) is 0 Å². The Morgan fingerprint density at radius 2 is 1.67 bits per heavy atom. The van der Waals surface area contributed by atoms with Gasteiger partial charge in [0.05, 0.1) is 18.6 Å². The first kappa shape index (κ1) is 24.7. The molecule has 2 aromatic rings. The minimum atomic E-state index is -3.59. The number of ether oxygens (including phenoxy) is 1. The van der Waals surface area contributed by atoms with Gasteiger partial charge in [-0.1, -0.05) is 0 Å². The van der Waals surface area contributed by atoms with Crippen molar-refractivity contribution in [1.29, 1.82) is 0 Å². The van der Waals surface area contributed by atoms with E-state index in [1.165, 1.54) is 19.2 Å². The quantitative estimate of drug-likeness (QED) is 0.480. The summed E-state index contributed by atoms with van der Waals surface area (Å²) in [5.41, 5.74) is 0.936. The van der Waals surface area contributed by atoms with Crippen LogP contribution >= 0.6 is 0 Å². The highest BCUT2D eigenvalue weighted by molar-refractivity contribution is 7.89. The van der Waals surface area contributed by atoms with E-state index in [2.05, 4.69) is 20.3 Å². The Labute approximate surface area is 194 Å². The average molecular weight is 475 g/mol. The number of nitrogens with one attached hydrogen (secondary N) is 3. The Morgan fingerprint density at radius 1 is 1.00 bits per heavy atom. The standard InChI is InChI=1S/C23H30N4O5S/c1-32-20-6-8-21(9-7-20)33(30,31)27-15-17-2-4-19(5-3-17)23(29)26-16-22(28)25-14-18-10-12-24-13-11-18/h6-13,17,19,27H,2-5,14-16H2,1H3,(H,25,28)(H,26,29). The molecule has 3 rings (SSSR count). The minimum absolute atomic E-state index is 0.0640. The van der Waals surface area contributed by atoms with Crippen LogP contribution in [-0.4, -0.2) is 45.4 Å². The fourth-order valence-corrected chi connectivity index (χ4v) is 4.89. The molecule has 10 heteroatoms. The smallest absolute Gasteiger partial charge is 0.240 e. The molecule has 0 radical (unpaired) electrons. The molecule has 1 fully saturated rings. The summed E-state index contributed by atoms with van der Waals surface area (Å²) in [7, 11) is -2.07. The van der Waals surface area contributed by atoms with Crippen molar-refractivity contribution in [3.8, 4) is 5.75 Å². The van der Waals surface area contributed by atoms with Gasteiger partial charge in [-0.2, -0.15) is 0 Å². The van der Waals surface area contributed by atoms with Crippen molar-refractivity contribution in [2.45, 2.75) is 37.1 Å². The SMILES string of the molecule is COc1ccc(S(=O)(=O)NCC2CCC(C(=O)NCC(=O)NCc3ccncc3)CC2)cc1. The molecule has 1 aliphatic rings. The second kappa shape index (κ2) is 11.8. The van der Waals surface area contributed by atoms with Crippen LogP contribution in [0.5, 0.6) is 5.75 Å². The zero-order valence-electron chi connectivity index (χ0n) is 18.6. The Hall–Kier alpha value is -2.98. The van der Waals surface area contributed by atoms with Crippen LogP contribution in [0.15, 0.2) is 53.7 Å². The molecule has 1 saturated carbocycles. The topological polar surface area (TPSA) is 126 Å². The highest BCUT2D eigenvalue weighted by atomic mass is 32.2. The van der Waals surface area contributed by atoms with Crippen LogP contribution in [0, 0.1) is 11.8 Å². The lowest BCUT2D eigenvalue weighted by atomic mass is 9.81. The molecule has 0 aliphatic heterocycles. The van der Waals surface area contributed by atoms with Crippen molar-refractivity contribution < 1.29 is 22.7 Å². The van der Waals surface area contributed by atoms with E-state index in [0.29, 0.717) is 31.7 Å². The maximum atomic E-state index is 12.5. The van der Waals surface area contributed by atoms with Gasteiger partial charge in [0.2, 0.25) is 21.8 Å². The van der Waals surface area contributed by atoms with Crippen molar-refractivity contribution in [2.75, 3.05) is 20.2 Å². The second-order valence-corrected chi connectivity index (χ2v) is 9.86. The molecule has 0 saturated heterocycles. The van der Waals surface area contributed by atoms with Crippen LogP contribution in [-0.2, 0) is 26.2 Å². The number of benzene rings is 1. The fraction of sp³-hybridized carbons (Fsp3) is 0.435. The maximum Gasteiger partial charge on any atom is 0.240 e. The molecule has 0 atom stereocenters. The molecule has 1 aliphatic carbocycles. The zero-order valence-corrected chi connectivity index (χ0v) is 19.4. The van der Waals surface area contributed by atoms with Crippen molar-refractivity contribution in [3.63, 3.8) is 0 Å². The minimum Gasteiger partial charge on any atom is -0.497 e. The van der Waals surface area contributed by atoms with E-state index in [-0.39, 0.29) is 35.1 Å². The van der Waals surface area contributed by atoms with Crippen LogP contribution in [0.4, 0.5) is 0 Å². The predicted octanol–water partition coefficient (Wildman–Crippen LogP) is 1.61. The lowest BCUT2D eigenvalue weighted by Gasteiger charge is -2.27. The summed E-state index contributed by atoms with van der Waals surface area (Å²) in [6, 6.07) is 9.86. The van der Waals surface area contributed by atoms with Crippen LogP contribution < -0.4 is 20.1 Å². The van der Waals surface area contributed by atoms with Gasteiger partial charge in [0, 0.05) is 31.4 Å². The molecule has 9 nitrogen and oxygen atoms in total. The molecule has 2 amide bonds. The van der Waals surface area contributed by atoms with Crippen molar-refractivity contribution in [3.05, 3.63) is 54.4 Å². The van der Waals surface area contributed by atoms with E-state index in [4.69, 9.17) is 4.74 Å². The summed E-state index contributed by atoms with van der Waals surface area (Å²) in [5.74, 6) is 0.225. The molecule has 178 valence electrons. The van der Waals surface area contributed by atoms with E-state index in [0.717, 1.165) is 18.4 Å². The Morgan fingerprint density at radius 3 is 2.30 bits per heavy atom. The highest BCUT2D eigenvalue weighted by Crippen LogP contribution is 2.29. The Kier molecular flexibility index (Phi) is 8.79. The zero-order chi connectivity index (χ0) is 23.7. The van der Waals surface area contributed by atoms with Crippen molar-refractivity contribution >= 4 is 21.8 Å². The average Bonchev–Trinajstić information content (AvgIpc) is 2.85. The first-order chi connectivity index (χ1) is 15.9. The molecule has 1 aromatic carbocycles. The predicted molar refractivity (Wildman–Crippen MR) is 123 cm³/mol. The fourth-order valence-electron chi connectivity index (χ4n) is 3.77. The van der Waals surface area contributed by atoms with Crippen LogP contribution in [0.2, 0.25) is 0 Å². The number of sulfonamides is 1. The van der Waals surface area contributed by atoms with Gasteiger partial charge in [0.1, 0.15) is 5.75 Å². The first-order valence-corrected chi connectivity index (χ1v) is 12.4. The lowest BCUT2D eigenvalue weighted by molar-refractivity contribution is -0.129. The van der Waals surface area contributed by atoms with E-state index in [9.17, 15) is 18.0 Å². The van der Waals surface area contributed by atoms with Gasteiger partial charge >= 0.3 is 0 Å². The number of nitrogens with zero attached hydrogens (tertiary/aromatic N) is 1.